The summed E-state index contributed by atoms with van der Waals surface area (Å²) in [4.78, 5) is 32.2. The smallest absolute Gasteiger partial charge is 0.272 e. The van der Waals surface area contributed by atoms with Crippen molar-refractivity contribution < 1.29 is 23.1 Å². The summed E-state index contributed by atoms with van der Waals surface area (Å²) < 4.78 is 29.9. The van der Waals surface area contributed by atoms with Crippen LogP contribution in [0.5, 0.6) is 5.88 Å². The Labute approximate surface area is 160 Å². The summed E-state index contributed by atoms with van der Waals surface area (Å²) in [6, 6.07) is 1.80. The number of carbonyl (C=O) groups excluding carboxylic acids is 2. The van der Waals surface area contributed by atoms with Gasteiger partial charge in [-0.15, -0.1) is 0 Å². The van der Waals surface area contributed by atoms with Crippen molar-refractivity contribution in [3.63, 3.8) is 0 Å². The second-order valence-corrected chi connectivity index (χ2v) is 6.62. The standard InChI is InChI=1S/C18H21F2N5O3/c1-11(26)25-18(10-21-4-5-24-18)17(27)23-8-12-6-14(13-2-3-13)16(22-7-12)28-9-15(19)20/h4-7,10,13,15,24H,2-3,8-9H2,1H3,(H,23,27)(H,25,26). The fourth-order valence-corrected chi connectivity index (χ4v) is 2.81. The van der Waals surface area contributed by atoms with E-state index in [-0.39, 0.29) is 18.3 Å². The highest BCUT2D eigenvalue weighted by Gasteiger charge is 2.38. The van der Waals surface area contributed by atoms with Gasteiger partial charge in [-0.25, -0.2) is 13.8 Å². The van der Waals surface area contributed by atoms with E-state index >= 15 is 0 Å². The third-order valence-corrected chi connectivity index (χ3v) is 4.22. The fraction of sp³-hybridized carbons (Fsp3) is 0.444. The zero-order valence-corrected chi connectivity index (χ0v) is 15.2. The van der Waals surface area contributed by atoms with Crippen molar-refractivity contribution in [2.24, 2.45) is 4.99 Å². The van der Waals surface area contributed by atoms with Gasteiger partial charge in [-0.2, -0.15) is 0 Å². The van der Waals surface area contributed by atoms with Crippen LogP contribution >= 0.6 is 0 Å². The predicted molar refractivity (Wildman–Crippen MR) is 96.9 cm³/mol. The summed E-state index contributed by atoms with van der Waals surface area (Å²) in [6.07, 6.45) is 5.01. The number of ether oxygens (including phenoxy) is 1. The lowest BCUT2D eigenvalue weighted by atomic mass is 10.1. The van der Waals surface area contributed by atoms with Crippen molar-refractivity contribution in [2.75, 3.05) is 6.61 Å². The maximum atomic E-state index is 12.7. The van der Waals surface area contributed by atoms with Gasteiger partial charge in [0, 0.05) is 37.6 Å². The summed E-state index contributed by atoms with van der Waals surface area (Å²) >= 11 is 0. The number of carbonyl (C=O) groups is 2. The first-order valence-corrected chi connectivity index (χ1v) is 8.83. The monoisotopic (exact) mass is 393 g/mol. The minimum absolute atomic E-state index is 0.140. The van der Waals surface area contributed by atoms with E-state index in [1.807, 2.05) is 0 Å². The molecule has 0 saturated heterocycles. The van der Waals surface area contributed by atoms with Crippen LogP contribution in [0.4, 0.5) is 8.78 Å². The zero-order chi connectivity index (χ0) is 20.1. The Morgan fingerprint density at radius 1 is 1.43 bits per heavy atom. The minimum atomic E-state index is -2.57. The quantitative estimate of drug-likeness (QED) is 0.616. The van der Waals surface area contributed by atoms with Gasteiger partial charge in [-0.3, -0.25) is 14.6 Å². The van der Waals surface area contributed by atoms with Crippen LogP contribution in [0, 0.1) is 0 Å². The van der Waals surface area contributed by atoms with Gasteiger partial charge in [0.1, 0.15) is 0 Å². The molecule has 0 spiro atoms. The first kappa shape index (κ1) is 19.7. The van der Waals surface area contributed by atoms with Gasteiger partial charge in [0.15, 0.2) is 6.61 Å². The summed E-state index contributed by atoms with van der Waals surface area (Å²) in [5, 5.41) is 8.06. The van der Waals surface area contributed by atoms with Gasteiger partial charge in [-0.1, -0.05) is 0 Å². The molecule has 10 heteroatoms. The molecule has 2 amide bonds. The van der Waals surface area contributed by atoms with E-state index < -0.39 is 30.5 Å². The molecule has 3 rings (SSSR count). The molecule has 1 aromatic heterocycles. The number of alkyl halides is 2. The van der Waals surface area contributed by atoms with Crippen LogP contribution in [0.2, 0.25) is 0 Å². The number of halogens is 2. The van der Waals surface area contributed by atoms with Crippen LogP contribution in [-0.2, 0) is 16.1 Å². The largest absolute Gasteiger partial charge is 0.471 e. The van der Waals surface area contributed by atoms with Gasteiger partial charge in [0.2, 0.25) is 17.5 Å². The molecule has 1 unspecified atom stereocenters. The number of hydrogen-bond donors (Lipinski definition) is 3. The highest BCUT2D eigenvalue weighted by atomic mass is 19.3. The Morgan fingerprint density at radius 3 is 2.82 bits per heavy atom. The number of hydrogen-bond acceptors (Lipinski definition) is 6. The number of pyridine rings is 1. The Bertz CT molecular complexity index is 810. The molecule has 1 aromatic rings. The molecule has 2 heterocycles. The summed E-state index contributed by atoms with van der Waals surface area (Å²) in [5.41, 5.74) is -0.0154. The van der Waals surface area contributed by atoms with Gasteiger partial charge in [-0.05, 0) is 30.4 Å². The van der Waals surface area contributed by atoms with Crippen LogP contribution in [0.3, 0.4) is 0 Å². The van der Waals surface area contributed by atoms with Gasteiger partial charge >= 0.3 is 0 Å². The molecule has 1 fully saturated rings. The molecule has 2 aliphatic rings. The van der Waals surface area contributed by atoms with E-state index in [2.05, 4.69) is 25.9 Å². The van der Waals surface area contributed by atoms with Crippen LogP contribution in [0.1, 0.15) is 36.8 Å². The fourth-order valence-electron chi connectivity index (χ4n) is 2.81. The normalized spacial score (nSPS) is 20.6. The van der Waals surface area contributed by atoms with E-state index in [0.29, 0.717) is 5.56 Å². The first-order valence-electron chi connectivity index (χ1n) is 8.83. The molecule has 0 bridgehead atoms. The molecule has 1 aliphatic carbocycles. The first-order chi connectivity index (χ1) is 13.4. The number of rotatable bonds is 8. The number of nitrogens with zero attached hydrogens (tertiary/aromatic N) is 2. The molecule has 0 aromatic carbocycles. The lowest BCUT2D eigenvalue weighted by Gasteiger charge is -2.30. The zero-order valence-electron chi connectivity index (χ0n) is 15.2. The van der Waals surface area contributed by atoms with Crippen LogP contribution in [0.15, 0.2) is 29.7 Å². The van der Waals surface area contributed by atoms with E-state index in [4.69, 9.17) is 4.74 Å². The molecular formula is C18H21F2N5O3. The van der Waals surface area contributed by atoms with E-state index in [1.54, 1.807) is 6.07 Å². The summed E-state index contributed by atoms with van der Waals surface area (Å²) in [6.45, 7) is 0.731. The van der Waals surface area contributed by atoms with Crippen LogP contribution in [-0.4, -0.2) is 41.7 Å². The molecule has 1 aliphatic heterocycles. The van der Waals surface area contributed by atoms with Crippen molar-refractivity contribution in [3.05, 3.63) is 35.8 Å². The maximum Gasteiger partial charge on any atom is 0.272 e. The van der Waals surface area contributed by atoms with E-state index in [1.165, 1.54) is 31.7 Å². The molecule has 3 N–H and O–H groups in total. The molecule has 0 radical (unpaired) electrons. The van der Waals surface area contributed by atoms with E-state index in [9.17, 15) is 18.4 Å². The van der Waals surface area contributed by atoms with Crippen LogP contribution < -0.4 is 20.7 Å². The third-order valence-electron chi connectivity index (χ3n) is 4.22. The summed E-state index contributed by atoms with van der Waals surface area (Å²) in [5.74, 6) is -0.456. The average Bonchev–Trinajstić information content (AvgIpc) is 3.50. The van der Waals surface area contributed by atoms with Gasteiger partial charge in [0.05, 0.1) is 6.21 Å². The number of nitrogens with one attached hydrogen (secondary N) is 3. The average molecular weight is 393 g/mol. The van der Waals surface area contributed by atoms with E-state index in [0.717, 1.165) is 18.4 Å². The maximum absolute atomic E-state index is 12.7. The number of aromatic nitrogens is 1. The molecule has 28 heavy (non-hydrogen) atoms. The van der Waals surface area contributed by atoms with Crippen LogP contribution in [0.25, 0.3) is 0 Å². The lowest BCUT2D eigenvalue weighted by Crippen LogP contribution is -2.67. The highest BCUT2D eigenvalue weighted by molar-refractivity contribution is 6.06. The lowest BCUT2D eigenvalue weighted by molar-refractivity contribution is -0.130. The highest BCUT2D eigenvalue weighted by Crippen LogP contribution is 2.43. The van der Waals surface area contributed by atoms with Crippen molar-refractivity contribution in [1.29, 1.82) is 0 Å². The Balaban J connectivity index is 1.68. The van der Waals surface area contributed by atoms with Crippen molar-refractivity contribution in [3.8, 4) is 5.88 Å². The third kappa shape index (κ3) is 4.81. The molecule has 1 saturated carbocycles. The molecule has 8 nitrogen and oxygen atoms in total. The second kappa shape index (κ2) is 8.32. The second-order valence-electron chi connectivity index (χ2n) is 6.62. The van der Waals surface area contributed by atoms with Gasteiger partial charge in [0.25, 0.3) is 12.3 Å². The Morgan fingerprint density at radius 2 is 2.21 bits per heavy atom. The SMILES string of the molecule is CC(=O)NC1(C(=O)NCc2cnc(OCC(F)F)c(C3CC3)c2)C=NC=CN1. The molecule has 1 atom stereocenters. The number of aliphatic imine (C=N–C) groups is 1. The predicted octanol–water partition coefficient (Wildman–Crippen LogP) is 1.20. The summed E-state index contributed by atoms with van der Waals surface area (Å²) in [7, 11) is 0. The Kier molecular flexibility index (Phi) is 5.86. The molecular weight excluding hydrogens is 372 g/mol. The van der Waals surface area contributed by atoms with Crippen molar-refractivity contribution in [1.82, 2.24) is 20.9 Å². The topological polar surface area (TPSA) is 105 Å². The Hall–Kier alpha value is -3.04. The molecule has 150 valence electrons. The van der Waals surface area contributed by atoms with Crippen molar-refractivity contribution >= 4 is 18.0 Å². The van der Waals surface area contributed by atoms with Crippen molar-refractivity contribution in [2.45, 2.75) is 44.3 Å². The minimum Gasteiger partial charge on any atom is -0.471 e. The van der Waals surface area contributed by atoms with Gasteiger partial charge < -0.3 is 20.7 Å². The number of amides is 2.